The molecule has 3 nitrogen and oxygen atoms in total. The molecule has 0 atom stereocenters. The maximum atomic E-state index is 5.59. The second-order valence-electron chi connectivity index (χ2n) is 2.92. The maximum absolute atomic E-state index is 5.59. The molecule has 1 aromatic carbocycles. The van der Waals surface area contributed by atoms with Gasteiger partial charge in [0.25, 0.3) is 0 Å². The van der Waals surface area contributed by atoms with E-state index in [1.54, 1.807) is 0 Å². The quantitative estimate of drug-likeness (QED) is 0.531. The minimum Gasteiger partial charge on any atom is -0.494 e. The summed E-state index contributed by atoms with van der Waals surface area (Å²) >= 11 is 0. The lowest BCUT2D eigenvalue weighted by Gasteiger charge is -2.05. The Morgan fingerprint density at radius 1 is 1.23 bits per heavy atom. The highest BCUT2D eigenvalue weighted by molar-refractivity contribution is 5.43. The van der Waals surface area contributed by atoms with Crippen molar-refractivity contribution in [1.82, 2.24) is 0 Å². The van der Waals surface area contributed by atoms with Gasteiger partial charge in [-0.25, -0.2) is 0 Å². The van der Waals surface area contributed by atoms with Gasteiger partial charge in [-0.15, -0.1) is 0 Å². The number of hydrogen-bond donors (Lipinski definition) is 2. The van der Waals surface area contributed by atoms with E-state index in [4.69, 9.17) is 16.2 Å². The number of hydrogen-bond acceptors (Lipinski definition) is 3. The summed E-state index contributed by atoms with van der Waals surface area (Å²) in [4.78, 5) is 0. The highest BCUT2D eigenvalue weighted by atomic mass is 16.5. The lowest BCUT2D eigenvalue weighted by molar-refractivity contribution is 0.308. The van der Waals surface area contributed by atoms with Gasteiger partial charge in [-0.3, -0.25) is 0 Å². The van der Waals surface area contributed by atoms with Crippen molar-refractivity contribution in [2.45, 2.75) is 12.8 Å². The Balaban J connectivity index is 2.28. The summed E-state index contributed by atoms with van der Waals surface area (Å²) < 4.78 is 5.45. The molecule has 1 rings (SSSR count). The fourth-order valence-corrected chi connectivity index (χ4v) is 1.04. The number of anilines is 1. The molecule has 0 aromatic heterocycles. The van der Waals surface area contributed by atoms with E-state index in [2.05, 4.69) is 0 Å². The van der Waals surface area contributed by atoms with E-state index < -0.39 is 0 Å². The zero-order valence-electron chi connectivity index (χ0n) is 7.70. The summed E-state index contributed by atoms with van der Waals surface area (Å²) in [5.74, 6) is 0.831. The number of ether oxygens (including phenoxy) is 1. The van der Waals surface area contributed by atoms with E-state index in [1.165, 1.54) is 0 Å². The number of nitrogens with two attached hydrogens (primary N) is 2. The van der Waals surface area contributed by atoms with Gasteiger partial charge in [0.15, 0.2) is 0 Å². The van der Waals surface area contributed by atoms with Gasteiger partial charge in [-0.1, -0.05) is 6.07 Å². The van der Waals surface area contributed by atoms with Crippen molar-refractivity contribution in [1.29, 1.82) is 0 Å². The van der Waals surface area contributed by atoms with Crippen molar-refractivity contribution in [3.05, 3.63) is 24.3 Å². The van der Waals surface area contributed by atoms with E-state index in [0.29, 0.717) is 6.61 Å². The lowest BCUT2D eigenvalue weighted by Crippen LogP contribution is -2.03. The summed E-state index contributed by atoms with van der Waals surface area (Å²) in [6, 6.07) is 7.45. The molecule has 0 saturated carbocycles. The van der Waals surface area contributed by atoms with Crippen LogP contribution in [-0.4, -0.2) is 13.2 Å². The van der Waals surface area contributed by atoms with E-state index in [1.807, 2.05) is 24.3 Å². The molecule has 0 fully saturated rings. The summed E-state index contributed by atoms with van der Waals surface area (Å²) in [6.45, 7) is 1.43. The van der Waals surface area contributed by atoms with Crippen LogP contribution in [0, 0.1) is 0 Å². The van der Waals surface area contributed by atoms with Crippen molar-refractivity contribution < 1.29 is 4.74 Å². The molecule has 0 aliphatic rings. The first kappa shape index (κ1) is 9.86. The predicted octanol–water partition coefficient (Wildman–Crippen LogP) is 1.39. The Bertz CT molecular complexity index is 250. The van der Waals surface area contributed by atoms with Crippen LogP contribution in [0.2, 0.25) is 0 Å². The fraction of sp³-hybridized carbons (Fsp3) is 0.400. The maximum Gasteiger partial charge on any atom is 0.121 e. The Kier molecular flexibility index (Phi) is 4.12. The molecule has 0 bridgehead atoms. The molecule has 4 N–H and O–H groups in total. The Morgan fingerprint density at radius 3 is 2.77 bits per heavy atom. The molecule has 13 heavy (non-hydrogen) atoms. The third-order valence-corrected chi connectivity index (χ3v) is 1.73. The molecule has 0 saturated heterocycles. The van der Waals surface area contributed by atoms with Crippen LogP contribution in [0.4, 0.5) is 5.69 Å². The second kappa shape index (κ2) is 5.43. The van der Waals surface area contributed by atoms with Crippen molar-refractivity contribution in [2.24, 2.45) is 5.73 Å². The molecule has 0 amide bonds. The van der Waals surface area contributed by atoms with E-state index in [9.17, 15) is 0 Å². The smallest absolute Gasteiger partial charge is 0.121 e. The van der Waals surface area contributed by atoms with E-state index >= 15 is 0 Å². The largest absolute Gasteiger partial charge is 0.494 e. The van der Waals surface area contributed by atoms with Crippen LogP contribution in [0.3, 0.4) is 0 Å². The standard InChI is InChI=1S/C10H16N2O/c11-6-1-2-7-13-10-5-3-4-9(12)8-10/h3-5,8H,1-2,6-7,11-12H2. The van der Waals surface area contributed by atoms with Crippen LogP contribution >= 0.6 is 0 Å². The molecule has 3 heteroatoms. The van der Waals surface area contributed by atoms with Crippen molar-refractivity contribution in [2.75, 3.05) is 18.9 Å². The van der Waals surface area contributed by atoms with E-state index in [-0.39, 0.29) is 0 Å². The highest BCUT2D eigenvalue weighted by Gasteiger charge is 1.93. The topological polar surface area (TPSA) is 61.3 Å². The number of rotatable bonds is 5. The van der Waals surface area contributed by atoms with Gasteiger partial charge in [-0.05, 0) is 31.5 Å². The van der Waals surface area contributed by atoms with E-state index in [0.717, 1.165) is 30.8 Å². The Morgan fingerprint density at radius 2 is 2.08 bits per heavy atom. The molecular formula is C10H16N2O. The van der Waals surface area contributed by atoms with Gasteiger partial charge < -0.3 is 16.2 Å². The third kappa shape index (κ3) is 3.80. The van der Waals surface area contributed by atoms with Crippen molar-refractivity contribution in [3.8, 4) is 5.75 Å². The van der Waals surface area contributed by atoms with Gasteiger partial charge in [0.1, 0.15) is 5.75 Å². The predicted molar refractivity (Wildman–Crippen MR) is 54.6 cm³/mol. The first-order chi connectivity index (χ1) is 6.33. The molecule has 0 aliphatic heterocycles. The average Bonchev–Trinajstić information content (AvgIpc) is 2.13. The van der Waals surface area contributed by atoms with Gasteiger partial charge in [0, 0.05) is 11.8 Å². The monoisotopic (exact) mass is 180 g/mol. The molecule has 0 heterocycles. The first-order valence-electron chi connectivity index (χ1n) is 4.51. The number of benzene rings is 1. The number of nitrogen functional groups attached to an aromatic ring is 1. The zero-order valence-corrected chi connectivity index (χ0v) is 7.70. The van der Waals surface area contributed by atoms with Gasteiger partial charge >= 0.3 is 0 Å². The Labute approximate surface area is 78.7 Å². The van der Waals surface area contributed by atoms with Crippen LogP contribution in [-0.2, 0) is 0 Å². The number of unbranched alkanes of at least 4 members (excludes halogenated alkanes) is 1. The van der Waals surface area contributed by atoms with Crippen LogP contribution in [0.5, 0.6) is 5.75 Å². The first-order valence-corrected chi connectivity index (χ1v) is 4.51. The zero-order chi connectivity index (χ0) is 9.52. The highest BCUT2D eigenvalue weighted by Crippen LogP contribution is 2.14. The van der Waals surface area contributed by atoms with Crippen LogP contribution in [0.15, 0.2) is 24.3 Å². The molecular weight excluding hydrogens is 164 g/mol. The molecule has 0 aliphatic carbocycles. The van der Waals surface area contributed by atoms with Crippen molar-refractivity contribution >= 4 is 5.69 Å². The molecule has 0 radical (unpaired) electrons. The molecule has 1 aromatic rings. The fourth-order valence-electron chi connectivity index (χ4n) is 1.04. The van der Waals surface area contributed by atoms with Crippen LogP contribution in [0.1, 0.15) is 12.8 Å². The summed E-state index contributed by atoms with van der Waals surface area (Å²) in [6.07, 6.45) is 1.99. The SMILES string of the molecule is NCCCCOc1cccc(N)c1. The third-order valence-electron chi connectivity index (χ3n) is 1.73. The summed E-state index contributed by atoms with van der Waals surface area (Å²) in [7, 11) is 0. The van der Waals surface area contributed by atoms with Gasteiger partial charge in [-0.2, -0.15) is 0 Å². The normalized spacial score (nSPS) is 9.92. The second-order valence-corrected chi connectivity index (χ2v) is 2.92. The molecule has 72 valence electrons. The van der Waals surface area contributed by atoms with Crippen molar-refractivity contribution in [3.63, 3.8) is 0 Å². The average molecular weight is 180 g/mol. The van der Waals surface area contributed by atoms with Crippen LogP contribution in [0.25, 0.3) is 0 Å². The van der Waals surface area contributed by atoms with Crippen LogP contribution < -0.4 is 16.2 Å². The molecule has 0 unspecified atom stereocenters. The minimum atomic E-state index is 0.709. The van der Waals surface area contributed by atoms with Gasteiger partial charge in [0.05, 0.1) is 6.61 Å². The van der Waals surface area contributed by atoms with Gasteiger partial charge in [0.2, 0.25) is 0 Å². The minimum absolute atomic E-state index is 0.709. The lowest BCUT2D eigenvalue weighted by atomic mass is 10.3. The summed E-state index contributed by atoms with van der Waals surface area (Å²) in [5, 5.41) is 0. The summed E-state index contributed by atoms with van der Waals surface area (Å²) in [5.41, 5.74) is 11.7. The molecule has 0 spiro atoms. The Hall–Kier alpha value is -1.22.